The number of fused-ring (bicyclic) bond motifs is 2. The van der Waals surface area contributed by atoms with Gasteiger partial charge in [-0.15, -0.1) is 5.10 Å². The van der Waals surface area contributed by atoms with Gasteiger partial charge in [0, 0.05) is 12.0 Å². The van der Waals surface area contributed by atoms with Gasteiger partial charge in [0.15, 0.2) is 0 Å². The standard InChI is InChI=1S/C10H11ClN4O2/c1-2-17-10-13-9-12-7-3-4-16-5-6(7)8(11)15(9)14-10/h2-5H2,1H3. The van der Waals surface area contributed by atoms with Gasteiger partial charge >= 0.3 is 6.01 Å². The van der Waals surface area contributed by atoms with Crippen molar-refractivity contribution in [3.05, 3.63) is 16.4 Å². The highest BCUT2D eigenvalue weighted by Gasteiger charge is 2.20. The van der Waals surface area contributed by atoms with Gasteiger partial charge in [-0.2, -0.15) is 9.50 Å². The smallest absolute Gasteiger partial charge is 0.337 e. The molecular weight excluding hydrogens is 244 g/mol. The predicted octanol–water partition coefficient (Wildman–Crippen LogP) is 1.25. The van der Waals surface area contributed by atoms with Gasteiger partial charge in [-0.05, 0) is 6.92 Å². The second-order valence-electron chi connectivity index (χ2n) is 3.67. The van der Waals surface area contributed by atoms with Crippen LogP contribution in [0.2, 0.25) is 5.15 Å². The molecule has 0 aromatic carbocycles. The van der Waals surface area contributed by atoms with Crippen molar-refractivity contribution in [2.24, 2.45) is 0 Å². The third-order valence-electron chi connectivity index (χ3n) is 2.59. The quantitative estimate of drug-likeness (QED) is 0.755. The lowest BCUT2D eigenvalue weighted by Crippen LogP contribution is -2.14. The summed E-state index contributed by atoms with van der Waals surface area (Å²) >= 11 is 6.26. The summed E-state index contributed by atoms with van der Waals surface area (Å²) in [6.07, 6.45) is 0.752. The minimum absolute atomic E-state index is 0.296. The van der Waals surface area contributed by atoms with Gasteiger partial charge < -0.3 is 9.47 Å². The minimum Gasteiger partial charge on any atom is -0.463 e. The number of aromatic nitrogens is 4. The van der Waals surface area contributed by atoms with Crippen molar-refractivity contribution in [1.82, 2.24) is 19.6 Å². The zero-order valence-electron chi connectivity index (χ0n) is 9.31. The molecule has 90 valence electrons. The van der Waals surface area contributed by atoms with Crippen LogP contribution >= 0.6 is 11.6 Å². The molecule has 0 bridgehead atoms. The molecular formula is C10H11ClN4O2. The molecule has 0 amide bonds. The molecule has 7 heteroatoms. The number of nitrogens with zero attached hydrogens (tertiary/aromatic N) is 4. The molecule has 0 atom stereocenters. The van der Waals surface area contributed by atoms with Gasteiger partial charge in [-0.3, -0.25) is 0 Å². The van der Waals surface area contributed by atoms with E-state index in [1.165, 1.54) is 4.52 Å². The van der Waals surface area contributed by atoms with E-state index in [-0.39, 0.29) is 0 Å². The summed E-state index contributed by atoms with van der Waals surface area (Å²) in [5.41, 5.74) is 1.82. The number of hydrogen-bond acceptors (Lipinski definition) is 5. The maximum atomic E-state index is 6.26. The van der Waals surface area contributed by atoms with Crippen LogP contribution in [0.3, 0.4) is 0 Å². The molecule has 3 heterocycles. The fourth-order valence-electron chi connectivity index (χ4n) is 1.81. The highest BCUT2D eigenvalue weighted by atomic mass is 35.5. The van der Waals surface area contributed by atoms with E-state index in [4.69, 9.17) is 21.1 Å². The SMILES string of the molecule is CCOc1nc2nc3c(c(Cl)n2n1)COCC3. The molecule has 2 aromatic heterocycles. The first kappa shape index (κ1) is 10.7. The van der Waals surface area contributed by atoms with Crippen molar-refractivity contribution in [3.8, 4) is 6.01 Å². The molecule has 0 spiro atoms. The van der Waals surface area contributed by atoms with Crippen LogP contribution < -0.4 is 4.74 Å². The van der Waals surface area contributed by atoms with E-state index in [9.17, 15) is 0 Å². The molecule has 17 heavy (non-hydrogen) atoms. The van der Waals surface area contributed by atoms with Crippen LogP contribution in [0.5, 0.6) is 6.01 Å². The molecule has 3 rings (SSSR count). The summed E-state index contributed by atoms with van der Waals surface area (Å²) in [6.45, 7) is 3.52. The maximum absolute atomic E-state index is 6.26. The molecule has 0 unspecified atom stereocenters. The Balaban J connectivity index is 2.18. The number of halogens is 1. The van der Waals surface area contributed by atoms with Crippen molar-refractivity contribution in [1.29, 1.82) is 0 Å². The molecule has 1 aliphatic heterocycles. The minimum atomic E-state index is 0.296. The number of ether oxygens (including phenoxy) is 2. The van der Waals surface area contributed by atoms with E-state index >= 15 is 0 Å². The van der Waals surface area contributed by atoms with Gasteiger partial charge in [0.05, 0.1) is 25.5 Å². The summed E-state index contributed by atoms with van der Waals surface area (Å²) in [5, 5.41) is 4.65. The monoisotopic (exact) mass is 254 g/mol. The van der Waals surface area contributed by atoms with Crippen molar-refractivity contribution in [3.63, 3.8) is 0 Å². The van der Waals surface area contributed by atoms with E-state index < -0.39 is 0 Å². The average molecular weight is 255 g/mol. The summed E-state index contributed by atoms with van der Waals surface area (Å²) in [6, 6.07) is 0.296. The Morgan fingerprint density at radius 3 is 3.18 bits per heavy atom. The predicted molar refractivity (Wildman–Crippen MR) is 60.3 cm³/mol. The fraction of sp³-hybridized carbons (Fsp3) is 0.500. The van der Waals surface area contributed by atoms with Crippen molar-refractivity contribution < 1.29 is 9.47 Å². The summed E-state index contributed by atoms with van der Waals surface area (Å²) in [4.78, 5) is 8.59. The first-order valence-corrected chi connectivity index (χ1v) is 5.82. The van der Waals surface area contributed by atoms with Gasteiger partial charge in [0.2, 0.25) is 0 Å². The Morgan fingerprint density at radius 1 is 1.47 bits per heavy atom. The molecule has 6 nitrogen and oxygen atoms in total. The average Bonchev–Trinajstić information content (AvgIpc) is 2.73. The zero-order chi connectivity index (χ0) is 11.8. The second kappa shape index (κ2) is 4.12. The van der Waals surface area contributed by atoms with Gasteiger partial charge in [-0.25, -0.2) is 4.98 Å². The van der Waals surface area contributed by atoms with E-state index in [1.807, 2.05) is 6.92 Å². The number of rotatable bonds is 2. The van der Waals surface area contributed by atoms with Crippen molar-refractivity contribution in [2.45, 2.75) is 20.0 Å². The molecule has 0 saturated carbocycles. The summed E-state index contributed by atoms with van der Waals surface area (Å²) in [5.74, 6) is 0.471. The van der Waals surface area contributed by atoms with Crippen LogP contribution in [0.1, 0.15) is 18.2 Å². The summed E-state index contributed by atoms with van der Waals surface area (Å²) < 4.78 is 12.1. The molecule has 0 aliphatic carbocycles. The Kier molecular flexibility index (Phi) is 2.60. The van der Waals surface area contributed by atoms with E-state index in [1.54, 1.807) is 0 Å². The molecule has 0 radical (unpaired) electrons. The third-order valence-corrected chi connectivity index (χ3v) is 2.98. The van der Waals surface area contributed by atoms with E-state index in [2.05, 4.69) is 15.1 Å². The van der Waals surface area contributed by atoms with Gasteiger partial charge in [-0.1, -0.05) is 11.6 Å². The fourth-order valence-corrected chi connectivity index (χ4v) is 2.08. The second-order valence-corrected chi connectivity index (χ2v) is 4.03. The first-order valence-electron chi connectivity index (χ1n) is 5.44. The molecule has 1 aliphatic rings. The Labute approximate surface area is 103 Å². The van der Waals surface area contributed by atoms with Crippen LogP contribution in [0.15, 0.2) is 0 Å². The van der Waals surface area contributed by atoms with Gasteiger partial charge in [0.25, 0.3) is 5.78 Å². The van der Waals surface area contributed by atoms with E-state index in [0.717, 1.165) is 17.7 Å². The Hall–Kier alpha value is -1.40. The van der Waals surface area contributed by atoms with Crippen LogP contribution in [0.4, 0.5) is 0 Å². The highest BCUT2D eigenvalue weighted by Crippen LogP contribution is 2.24. The molecule has 0 N–H and O–H groups in total. The largest absolute Gasteiger partial charge is 0.463 e. The molecule has 0 saturated heterocycles. The Morgan fingerprint density at radius 2 is 2.35 bits per heavy atom. The highest BCUT2D eigenvalue weighted by molar-refractivity contribution is 6.30. The first-order chi connectivity index (χ1) is 8.29. The van der Waals surface area contributed by atoms with Crippen LogP contribution in [0.25, 0.3) is 5.78 Å². The van der Waals surface area contributed by atoms with Crippen LogP contribution in [-0.4, -0.2) is 32.8 Å². The van der Waals surface area contributed by atoms with Crippen molar-refractivity contribution in [2.75, 3.05) is 13.2 Å². The molecule has 2 aromatic rings. The lowest BCUT2D eigenvalue weighted by Gasteiger charge is -2.16. The zero-order valence-corrected chi connectivity index (χ0v) is 10.1. The normalized spacial score (nSPS) is 14.9. The Bertz CT molecular complexity index is 569. The van der Waals surface area contributed by atoms with Crippen molar-refractivity contribution >= 4 is 17.4 Å². The van der Waals surface area contributed by atoms with Crippen LogP contribution in [-0.2, 0) is 17.8 Å². The lowest BCUT2D eigenvalue weighted by molar-refractivity contribution is 0.109. The maximum Gasteiger partial charge on any atom is 0.337 e. The van der Waals surface area contributed by atoms with Gasteiger partial charge in [0.1, 0.15) is 5.15 Å². The lowest BCUT2D eigenvalue weighted by atomic mass is 10.1. The third kappa shape index (κ3) is 1.73. The number of hydrogen-bond donors (Lipinski definition) is 0. The van der Waals surface area contributed by atoms with Crippen LogP contribution in [0, 0.1) is 0 Å². The van der Waals surface area contributed by atoms with E-state index in [0.29, 0.717) is 36.8 Å². The molecule has 0 fully saturated rings. The topological polar surface area (TPSA) is 61.5 Å². The summed E-state index contributed by atoms with van der Waals surface area (Å²) in [7, 11) is 0.